The van der Waals surface area contributed by atoms with Crippen molar-refractivity contribution in [1.29, 1.82) is 0 Å². The van der Waals surface area contributed by atoms with Crippen molar-refractivity contribution in [2.45, 2.75) is 55.9 Å². The molecule has 5 aromatic carbocycles. The Morgan fingerprint density at radius 3 is 2.08 bits per heavy atom. The molecule has 5 heteroatoms. The van der Waals surface area contributed by atoms with Crippen LogP contribution in [0.15, 0.2) is 138 Å². The average molecular weight is 649 g/mol. The van der Waals surface area contributed by atoms with E-state index in [2.05, 4.69) is 115 Å². The zero-order valence-corrected chi connectivity index (χ0v) is 27.8. The van der Waals surface area contributed by atoms with Gasteiger partial charge in [0.2, 0.25) is 0 Å². The van der Waals surface area contributed by atoms with Crippen molar-refractivity contribution in [1.82, 2.24) is 15.0 Å². The van der Waals surface area contributed by atoms with Gasteiger partial charge in [-0.05, 0) is 66.8 Å². The maximum absolute atomic E-state index is 6.98. The smallest absolute Gasteiger partial charge is 0.177 e. The van der Waals surface area contributed by atoms with Crippen LogP contribution < -0.4 is 4.74 Å². The lowest BCUT2D eigenvalue weighted by atomic mass is 9.65. The minimum atomic E-state index is -0.489. The Labute approximate surface area is 292 Å². The van der Waals surface area contributed by atoms with Gasteiger partial charge < -0.3 is 4.74 Å². The summed E-state index contributed by atoms with van der Waals surface area (Å²) in [6.45, 7) is 0. The first-order valence-corrected chi connectivity index (χ1v) is 17.9. The SMILES string of the molecule is C1=CCC(c2nc(C3=NC(c4cccc5c4Oc4ccccc4C54c5ccccc5-c5ccccc54)CCC3)nc(-c3ccccc3)n2)CC1. The number of para-hydroxylation sites is 2. The third-order valence-corrected chi connectivity index (χ3v) is 11.0. The van der Waals surface area contributed by atoms with E-state index < -0.39 is 5.41 Å². The number of nitrogens with zero attached hydrogens (tertiary/aromatic N) is 4. The van der Waals surface area contributed by atoms with Gasteiger partial charge in [0, 0.05) is 28.2 Å². The summed E-state index contributed by atoms with van der Waals surface area (Å²) in [5, 5.41) is 0. The van der Waals surface area contributed by atoms with E-state index in [9.17, 15) is 0 Å². The molecular weight excluding hydrogens is 613 g/mol. The van der Waals surface area contributed by atoms with Crippen molar-refractivity contribution in [3.05, 3.63) is 173 Å². The number of hydrogen-bond donors (Lipinski definition) is 0. The highest BCUT2D eigenvalue weighted by Crippen LogP contribution is 2.63. The Hall–Kier alpha value is -5.68. The zero-order valence-electron chi connectivity index (χ0n) is 27.8. The summed E-state index contributed by atoms with van der Waals surface area (Å²) in [6, 6.07) is 43.2. The van der Waals surface area contributed by atoms with Crippen molar-refractivity contribution in [2.24, 2.45) is 4.99 Å². The van der Waals surface area contributed by atoms with E-state index >= 15 is 0 Å². The highest BCUT2D eigenvalue weighted by Gasteiger charge is 2.51. The molecule has 2 unspecified atom stereocenters. The molecule has 0 radical (unpaired) electrons. The van der Waals surface area contributed by atoms with Gasteiger partial charge in [-0.15, -0.1) is 0 Å². The fraction of sp³-hybridized carbons (Fsp3) is 0.200. The van der Waals surface area contributed by atoms with Gasteiger partial charge in [-0.2, -0.15) is 0 Å². The molecular formula is C45H36N4O. The topological polar surface area (TPSA) is 60.3 Å². The molecule has 6 aromatic rings. The summed E-state index contributed by atoms with van der Waals surface area (Å²) in [5.74, 6) is 4.41. The van der Waals surface area contributed by atoms with Gasteiger partial charge in [0.15, 0.2) is 11.6 Å². The van der Waals surface area contributed by atoms with Crippen LogP contribution in [0.2, 0.25) is 0 Å². The van der Waals surface area contributed by atoms with Crippen LogP contribution in [0.25, 0.3) is 22.5 Å². The van der Waals surface area contributed by atoms with Gasteiger partial charge in [0.1, 0.15) is 17.3 Å². The van der Waals surface area contributed by atoms with E-state index in [-0.39, 0.29) is 12.0 Å². The van der Waals surface area contributed by atoms with Crippen molar-refractivity contribution in [3.8, 4) is 34.0 Å². The van der Waals surface area contributed by atoms with E-state index in [1.54, 1.807) is 0 Å². The molecule has 0 amide bonds. The van der Waals surface area contributed by atoms with Crippen LogP contribution in [-0.4, -0.2) is 20.7 Å². The Kier molecular flexibility index (Phi) is 6.86. The normalized spacial score (nSPS) is 19.5. The van der Waals surface area contributed by atoms with Gasteiger partial charge in [0.25, 0.3) is 0 Å². The van der Waals surface area contributed by atoms with E-state index in [0.29, 0.717) is 5.82 Å². The molecule has 2 atom stereocenters. The fourth-order valence-electron chi connectivity index (χ4n) is 8.79. The monoisotopic (exact) mass is 648 g/mol. The minimum Gasteiger partial charge on any atom is -0.456 e. The predicted molar refractivity (Wildman–Crippen MR) is 198 cm³/mol. The van der Waals surface area contributed by atoms with Crippen LogP contribution >= 0.6 is 0 Å². The predicted octanol–water partition coefficient (Wildman–Crippen LogP) is 10.5. The third-order valence-electron chi connectivity index (χ3n) is 11.0. The number of benzene rings is 5. The molecule has 0 saturated carbocycles. The molecule has 242 valence electrons. The van der Waals surface area contributed by atoms with Crippen LogP contribution in [0.5, 0.6) is 11.5 Å². The van der Waals surface area contributed by atoms with Crippen LogP contribution in [0.3, 0.4) is 0 Å². The van der Waals surface area contributed by atoms with Crippen molar-refractivity contribution >= 4 is 5.71 Å². The molecule has 1 aromatic heterocycles. The van der Waals surface area contributed by atoms with Crippen molar-refractivity contribution < 1.29 is 4.74 Å². The molecule has 10 rings (SSSR count). The molecule has 50 heavy (non-hydrogen) atoms. The number of ether oxygens (including phenoxy) is 1. The summed E-state index contributed by atoms with van der Waals surface area (Å²) in [5.41, 5.74) is 10.1. The second-order valence-electron chi connectivity index (χ2n) is 13.8. The molecule has 1 spiro atoms. The number of aromatic nitrogens is 3. The summed E-state index contributed by atoms with van der Waals surface area (Å²) in [6.07, 6.45) is 10.3. The van der Waals surface area contributed by atoms with Crippen LogP contribution in [-0.2, 0) is 5.41 Å². The molecule has 2 aliphatic carbocycles. The first kappa shape index (κ1) is 29.3. The Morgan fingerprint density at radius 1 is 0.600 bits per heavy atom. The van der Waals surface area contributed by atoms with Crippen molar-refractivity contribution in [2.75, 3.05) is 0 Å². The van der Waals surface area contributed by atoms with Crippen LogP contribution in [0.4, 0.5) is 0 Å². The summed E-state index contributed by atoms with van der Waals surface area (Å²) >= 11 is 0. The van der Waals surface area contributed by atoms with Gasteiger partial charge in [-0.25, -0.2) is 15.0 Å². The van der Waals surface area contributed by atoms with E-state index in [0.717, 1.165) is 78.5 Å². The number of allylic oxidation sites excluding steroid dienone is 2. The summed E-state index contributed by atoms with van der Waals surface area (Å²) in [4.78, 5) is 20.7. The van der Waals surface area contributed by atoms with Gasteiger partial charge in [0.05, 0.1) is 17.2 Å². The second-order valence-corrected chi connectivity index (χ2v) is 13.8. The summed E-state index contributed by atoms with van der Waals surface area (Å²) in [7, 11) is 0. The lowest BCUT2D eigenvalue weighted by Crippen LogP contribution is -2.32. The molecule has 0 bridgehead atoms. The number of rotatable bonds is 4. The maximum atomic E-state index is 6.98. The Balaban J connectivity index is 1.13. The quantitative estimate of drug-likeness (QED) is 0.178. The number of hydrogen-bond acceptors (Lipinski definition) is 5. The zero-order chi connectivity index (χ0) is 33.1. The second kappa shape index (κ2) is 11.7. The molecule has 0 fully saturated rings. The lowest BCUT2D eigenvalue weighted by molar-refractivity contribution is 0.422. The summed E-state index contributed by atoms with van der Waals surface area (Å²) < 4.78 is 6.98. The third kappa shape index (κ3) is 4.46. The largest absolute Gasteiger partial charge is 0.456 e. The van der Waals surface area contributed by atoms with Gasteiger partial charge in [-0.3, -0.25) is 4.99 Å². The van der Waals surface area contributed by atoms with E-state index in [1.165, 1.54) is 33.4 Å². The fourth-order valence-corrected chi connectivity index (χ4v) is 8.79. The average Bonchev–Trinajstić information content (AvgIpc) is 3.49. The first-order valence-electron chi connectivity index (χ1n) is 17.9. The highest BCUT2D eigenvalue weighted by molar-refractivity contribution is 5.98. The first-order chi connectivity index (χ1) is 24.8. The standard InChI is InChI=1S/C45H36N4O/c1-3-15-29(16-4-1)42-47-43(30-17-5-2-6-18-30)49-44(48-42)39-27-14-26-38(46-39)33-21-13-25-37-41(33)50-40-28-12-11-24-36(40)45(37)34-22-9-7-19-31(34)32-20-8-10-23-35(32)45/h1-5,7-13,15-16,19-25,28,30,38H,6,14,17-18,26-27H2. The highest BCUT2D eigenvalue weighted by atomic mass is 16.5. The molecule has 0 saturated heterocycles. The molecule has 5 nitrogen and oxygen atoms in total. The molecule has 2 aliphatic heterocycles. The molecule has 0 N–H and O–H groups in total. The molecule has 4 aliphatic rings. The lowest BCUT2D eigenvalue weighted by Gasteiger charge is -2.40. The van der Waals surface area contributed by atoms with Crippen LogP contribution in [0.1, 0.15) is 90.0 Å². The maximum Gasteiger partial charge on any atom is 0.177 e. The Morgan fingerprint density at radius 2 is 1.30 bits per heavy atom. The van der Waals surface area contributed by atoms with Gasteiger partial charge in [-0.1, -0.05) is 127 Å². The Bertz CT molecular complexity index is 2300. The van der Waals surface area contributed by atoms with E-state index in [1.807, 2.05) is 18.2 Å². The number of fused-ring (bicyclic) bond motifs is 9. The number of aliphatic imine (C=N–C) groups is 1. The van der Waals surface area contributed by atoms with Crippen molar-refractivity contribution in [3.63, 3.8) is 0 Å². The minimum absolute atomic E-state index is 0.0825. The van der Waals surface area contributed by atoms with E-state index in [4.69, 9.17) is 24.7 Å². The van der Waals surface area contributed by atoms with Crippen LogP contribution in [0, 0.1) is 0 Å². The molecule has 3 heterocycles. The van der Waals surface area contributed by atoms with Gasteiger partial charge >= 0.3 is 0 Å².